The average Bonchev–Trinajstić information content (AvgIpc) is 2.96. The van der Waals surface area contributed by atoms with Gasteiger partial charge in [0.05, 0.1) is 21.1 Å². The number of carbonyl (C=O) groups is 1. The van der Waals surface area contributed by atoms with Crippen molar-refractivity contribution in [1.29, 1.82) is 0 Å². The Bertz CT molecular complexity index is 841. The van der Waals surface area contributed by atoms with E-state index in [2.05, 4.69) is 10.3 Å². The summed E-state index contributed by atoms with van der Waals surface area (Å²) in [5, 5.41) is 14.0. The highest BCUT2D eigenvalue weighted by Crippen LogP contribution is 2.27. The van der Waals surface area contributed by atoms with Crippen LogP contribution in [0.15, 0.2) is 48.5 Å². The summed E-state index contributed by atoms with van der Waals surface area (Å²) < 4.78 is 1.01. The van der Waals surface area contributed by atoms with Crippen LogP contribution in [-0.2, 0) is 4.79 Å². The lowest BCUT2D eigenvalue weighted by Crippen LogP contribution is -2.18. The number of thiazole rings is 1. The standard InChI is InChI=1S/C16H13N3O3S/c1-10(11-6-8-12(9-7-11)19(21)22)15(20)18-16-17-13-4-2-3-5-14(13)23-16/h2-10H,1H3,(H,17,18,20)/t10-/m0/s1. The van der Waals surface area contributed by atoms with Crippen LogP contribution in [0.1, 0.15) is 18.4 Å². The van der Waals surface area contributed by atoms with E-state index in [0.717, 1.165) is 10.2 Å². The highest BCUT2D eigenvalue weighted by Gasteiger charge is 2.18. The van der Waals surface area contributed by atoms with Gasteiger partial charge < -0.3 is 5.32 Å². The molecule has 1 amide bonds. The number of para-hydroxylation sites is 1. The molecule has 1 aromatic heterocycles. The van der Waals surface area contributed by atoms with E-state index < -0.39 is 10.8 Å². The molecule has 3 aromatic rings. The Balaban J connectivity index is 1.75. The molecule has 0 radical (unpaired) electrons. The van der Waals surface area contributed by atoms with Gasteiger partial charge in [-0.15, -0.1) is 0 Å². The van der Waals surface area contributed by atoms with Crippen molar-refractivity contribution in [3.63, 3.8) is 0 Å². The number of nitro groups is 1. The number of nitrogens with one attached hydrogen (secondary N) is 1. The molecule has 0 aliphatic carbocycles. The first kappa shape index (κ1) is 15.1. The summed E-state index contributed by atoms with van der Waals surface area (Å²) in [4.78, 5) is 26.9. The summed E-state index contributed by atoms with van der Waals surface area (Å²) in [7, 11) is 0. The Kier molecular flexibility index (Phi) is 4.03. The Morgan fingerprint density at radius 2 is 1.91 bits per heavy atom. The van der Waals surface area contributed by atoms with E-state index in [1.807, 2.05) is 24.3 Å². The molecule has 0 aliphatic heterocycles. The first-order chi connectivity index (χ1) is 11.0. The molecule has 3 rings (SSSR count). The van der Waals surface area contributed by atoms with Gasteiger partial charge in [0, 0.05) is 12.1 Å². The zero-order valence-corrected chi connectivity index (χ0v) is 13.0. The van der Waals surface area contributed by atoms with E-state index >= 15 is 0 Å². The molecule has 0 saturated heterocycles. The quantitative estimate of drug-likeness (QED) is 0.581. The molecule has 0 unspecified atom stereocenters. The zero-order valence-electron chi connectivity index (χ0n) is 12.2. The summed E-state index contributed by atoms with van der Waals surface area (Å²) >= 11 is 1.41. The van der Waals surface area contributed by atoms with Crippen molar-refractivity contribution in [1.82, 2.24) is 4.98 Å². The van der Waals surface area contributed by atoms with Crippen LogP contribution in [-0.4, -0.2) is 15.8 Å². The molecule has 0 saturated carbocycles. The molecule has 2 aromatic carbocycles. The van der Waals surface area contributed by atoms with E-state index in [1.165, 1.54) is 23.5 Å². The zero-order chi connectivity index (χ0) is 16.4. The van der Waals surface area contributed by atoms with Crippen molar-refractivity contribution < 1.29 is 9.72 Å². The number of benzene rings is 2. The van der Waals surface area contributed by atoms with Gasteiger partial charge in [-0.1, -0.05) is 35.6 Å². The highest BCUT2D eigenvalue weighted by atomic mass is 32.1. The fourth-order valence-electron chi connectivity index (χ4n) is 2.18. The second-order valence-electron chi connectivity index (χ2n) is 5.05. The van der Waals surface area contributed by atoms with Gasteiger partial charge in [0.15, 0.2) is 5.13 Å². The van der Waals surface area contributed by atoms with E-state index in [0.29, 0.717) is 10.7 Å². The summed E-state index contributed by atoms with van der Waals surface area (Å²) in [6.45, 7) is 1.75. The number of anilines is 1. The number of fused-ring (bicyclic) bond motifs is 1. The lowest BCUT2D eigenvalue weighted by Gasteiger charge is -2.10. The van der Waals surface area contributed by atoms with E-state index in [-0.39, 0.29) is 11.6 Å². The first-order valence-electron chi connectivity index (χ1n) is 6.95. The molecule has 23 heavy (non-hydrogen) atoms. The van der Waals surface area contributed by atoms with Crippen molar-refractivity contribution in [2.45, 2.75) is 12.8 Å². The number of non-ortho nitro benzene ring substituents is 1. The fourth-order valence-corrected chi connectivity index (χ4v) is 3.04. The summed E-state index contributed by atoms with van der Waals surface area (Å²) in [6.07, 6.45) is 0. The maximum atomic E-state index is 12.3. The molecule has 116 valence electrons. The van der Waals surface area contributed by atoms with Crippen LogP contribution in [0.2, 0.25) is 0 Å². The van der Waals surface area contributed by atoms with Gasteiger partial charge in [-0.25, -0.2) is 4.98 Å². The van der Waals surface area contributed by atoms with E-state index in [4.69, 9.17) is 0 Å². The average molecular weight is 327 g/mol. The lowest BCUT2D eigenvalue weighted by molar-refractivity contribution is -0.384. The summed E-state index contributed by atoms with van der Waals surface area (Å²) in [5.74, 6) is -0.624. The number of aromatic nitrogens is 1. The van der Waals surface area contributed by atoms with Gasteiger partial charge in [-0.3, -0.25) is 14.9 Å². The van der Waals surface area contributed by atoms with Crippen LogP contribution in [0.3, 0.4) is 0 Å². The van der Waals surface area contributed by atoms with Gasteiger partial charge in [0.25, 0.3) is 5.69 Å². The van der Waals surface area contributed by atoms with Crippen LogP contribution in [0.25, 0.3) is 10.2 Å². The maximum Gasteiger partial charge on any atom is 0.269 e. The smallest absolute Gasteiger partial charge is 0.269 e. The van der Waals surface area contributed by atoms with Gasteiger partial charge in [-0.2, -0.15) is 0 Å². The number of rotatable bonds is 4. The molecule has 0 fully saturated rings. The van der Waals surface area contributed by atoms with Crippen molar-refractivity contribution in [2.24, 2.45) is 0 Å². The van der Waals surface area contributed by atoms with Gasteiger partial charge >= 0.3 is 0 Å². The van der Waals surface area contributed by atoms with Crippen molar-refractivity contribution in [3.05, 3.63) is 64.2 Å². The largest absolute Gasteiger partial charge is 0.301 e. The SMILES string of the molecule is C[C@H](C(=O)Nc1nc2ccccc2s1)c1ccc([N+](=O)[O-])cc1. The molecule has 0 bridgehead atoms. The molecule has 0 aliphatic rings. The predicted octanol–water partition coefficient (Wildman–Crippen LogP) is 3.95. The normalized spacial score (nSPS) is 12.0. The maximum absolute atomic E-state index is 12.3. The fraction of sp³-hybridized carbons (Fsp3) is 0.125. The number of nitro benzene ring substituents is 1. The minimum absolute atomic E-state index is 0.00697. The molecule has 1 heterocycles. The third-order valence-corrected chi connectivity index (χ3v) is 4.47. The second-order valence-corrected chi connectivity index (χ2v) is 6.08. The van der Waals surface area contributed by atoms with Crippen molar-refractivity contribution in [2.75, 3.05) is 5.32 Å². The molecule has 6 nitrogen and oxygen atoms in total. The molecule has 1 atom stereocenters. The molecule has 7 heteroatoms. The number of nitrogens with zero attached hydrogens (tertiary/aromatic N) is 2. The van der Waals surface area contributed by atoms with Gasteiger partial charge in [0.1, 0.15) is 0 Å². The van der Waals surface area contributed by atoms with E-state index in [9.17, 15) is 14.9 Å². The van der Waals surface area contributed by atoms with Crippen molar-refractivity contribution >= 4 is 38.3 Å². The second kappa shape index (κ2) is 6.13. The predicted molar refractivity (Wildman–Crippen MR) is 89.8 cm³/mol. The Hall–Kier alpha value is -2.80. The van der Waals surface area contributed by atoms with Gasteiger partial charge in [0.2, 0.25) is 5.91 Å². The summed E-state index contributed by atoms with van der Waals surface area (Å²) in [6, 6.07) is 13.7. The van der Waals surface area contributed by atoms with Crippen LogP contribution in [0.4, 0.5) is 10.8 Å². The molecular weight excluding hydrogens is 314 g/mol. The Morgan fingerprint density at radius 3 is 2.57 bits per heavy atom. The minimum Gasteiger partial charge on any atom is -0.301 e. The first-order valence-corrected chi connectivity index (χ1v) is 7.77. The topological polar surface area (TPSA) is 85.1 Å². The number of amides is 1. The number of carbonyl (C=O) groups excluding carboxylic acids is 1. The monoisotopic (exact) mass is 327 g/mol. The van der Waals surface area contributed by atoms with Gasteiger partial charge in [-0.05, 0) is 24.6 Å². The molecular formula is C16H13N3O3S. The van der Waals surface area contributed by atoms with Crippen LogP contribution >= 0.6 is 11.3 Å². The Labute approximate surface area is 135 Å². The summed E-state index contributed by atoms with van der Waals surface area (Å²) in [5.41, 5.74) is 1.57. The third-order valence-electron chi connectivity index (χ3n) is 3.52. The highest BCUT2D eigenvalue weighted by molar-refractivity contribution is 7.22. The van der Waals surface area contributed by atoms with Crippen LogP contribution < -0.4 is 5.32 Å². The van der Waals surface area contributed by atoms with E-state index in [1.54, 1.807) is 19.1 Å². The number of hydrogen-bond donors (Lipinski definition) is 1. The number of hydrogen-bond acceptors (Lipinski definition) is 5. The Morgan fingerprint density at radius 1 is 1.22 bits per heavy atom. The molecule has 1 N–H and O–H groups in total. The minimum atomic E-state index is -0.463. The van der Waals surface area contributed by atoms with Crippen LogP contribution in [0.5, 0.6) is 0 Å². The van der Waals surface area contributed by atoms with Crippen LogP contribution in [0, 0.1) is 10.1 Å². The van der Waals surface area contributed by atoms with Crippen molar-refractivity contribution in [3.8, 4) is 0 Å². The lowest BCUT2D eigenvalue weighted by atomic mass is 10.0. The molecule has 0 spiro atoms. The third kappa shape index (κ3) is 3.19.